The van der Waals surface area contributed by atoms with Crippen LogP contribution in [0.3, 0.4) is 0 Å². The van der Waals surface area contributed by atoms with Crippen molar-refractivity contribution in [3.8, 4) is 0 Å². The Bertz CT molecular complexity index is 551. The molecule has 0 fully saturated rings. The summed E-state index contributed by atoms with van der Waals surface area (Å²) in [5, 5.41) is 5.86. The average Bonchev–Trinajstić information content (AvgIpc) is 2.39. The number of urea groups is 1. The van der Waals surface area contributed by atoms with E-state index in [9.17, 15) is 4.79 Å². The molecule has 0 bridgehead atoms. The lowest BCUT2D eigenvalue weighted by Crippen LogP contribution is -2.21. The zero-order valence-corrected chi connectivity index (χ0v) is 12.4. The first kappa shape index (κ1) is 14.1. The van der Waals surface area contributed by atoms with Gasteiger partial charge in [-0.2, -0.15) is 0 Å². The zero-order valence-electron chi connectivity index (χ0n) is 12.4. The molecule has 2 N–H and O–H groups in total. The van der Waals surface area contributed by atoms with Gasteiger partial charge in [-0.05, 0) is 49.9 Å². The number of aryl methyl sites for hydroxylation is 4. The van der Waals surface area contributed by atoms with Crippen LogP contribution < -0.4 is 10.6 Å². The van der Waals surface area contributed by atoms with E-state index in [4.69, 9.17) is 0 Å². The molecule has 20 heavy (non-hydrogen) atoms. The summed E-state index contributed by atoms with van der Waals surface area (Å²) in [5.74, 6) is 0. The van der Waals surface area contributed by atoms with Crippen molar-refractivity contribution in [2.24, 2.45) is 0 Å². The predicted octanol–water partition coefficient (Wildman–Crippen LogP) is 4.56. The van der Waals surface area contributed by atoms with Gasteiger partial charge in [0.15, 0.2) is 0 Å². The molecule has 2 rings (SSSR count). The van der Waals surface area contributed by atoms with Crippen molar-refractivity contribution in [3.05, 3.63) is 58.7 Å². The lowest BCUT2D eigenvalue weighted by molar-refractivity contribution is 0.262. The molecule has 3 heteroatoms. The van der Waals surface area contributed by atoms with E-state index in [0.29, 0.717) is 0 Å². The largest absolute Gasteiger partial charge is 0.323 e. The van der Waals surface area contributed by atoms with E-state index in [1.54, 1.807) is 0 Å². The van der Waals surface area contributed by atoms with Crippen molar-refractivity contribution < 1.29 is 4.79 Å². The Morgan fingerprint density at radius 2 is 1.00 bits per heavy atom. The summed E-state index contributed by atoms with van der Waals surface area (Å²) in [5.41, 5.74) is 5.97. The standard InChI is InChI=1S/C17H20N2O/c1-11-7-5-8-12(2)15(11)18-17(20)19-16-13(3)9-6-10-14(16)4/h5-10H,1-4H3,(H2,18,19,20). The highest BCUT2D eigenvalue weighted by atomic mass is 16.2. The van der Waals surface area contributed by atoms with Crippen LogP contribution in [0.4, 0.5) is 16.2 Å². The molecule has 0 aromatic heterocycles. The second kappa shape index (κ2) is 5.78. The molecule has 0 unspecified atom stereocenters. The summed E-state index contributed by atoms with van der Waals surface area (Å²) in [6.45, 7) is 7.95. The van der Waals surface area contributed by atoms with E-state index in [-0.39, 0.29) is 6.03 Å². The summed E-state index contributed by atoms with van der Waals surface area (Å²) >= 11 is 0. The molecule has 0 saturated carbocycles. The van der Waals surface area contributed by atoms with Gasteiger partial charge < -0.3 is 10.6 Å². The molecule has 0 aliphatic heterocycles. The number of para-hydroxylation sites is 2. The van der Waals surface area contributed by atoms with Crippen molar-refractivity contribution >= 4 is 17.4 Å². The number of hydrogen-bond acceptors (Lipinski definition) is 1. The highest BCUT2D eigenvalue weighted by molar-refractivity contribution is 6.01. The third kappa shape index (κ3) is 2.99. The van der Waals surface area contributed by atoms with Gasteiger partial charge in [-0.25, -0.2) is 4.79 Å². The van der Waals surface area contributed by atoms with Gasteiger partial charge in [-0.3, -0.25) is 0 Å². The summed E-state index contributed by atoms with van der Waals surface area (Å²) in [7, 11) is 0. The summed E-state index contributed by atoms with van der Waals surface area (Å²) in [6, 6.07) is 11.7. The Balaban J connectivity index is 2.18. The number of anilines is 2. The van der Waals surface area contributed by atoms with E-state index in [1.807, 2.05) is 64.1 Å². The Labute approximate surface area is 120 Å². The second-order valence-corrected chi connectivity index (χ2v) is 5.11. The monoisotopic (exact) mass is 268 g/mol. The number of carbonyl (C=O) groups is 1. The third-order valence-electron chi connectivity index (χ3n) is 3.44. The van der Waals surface area contributed by atoms with Crippen molar-refractivity contribution in [1.82, 2.24) is 0 Å². The molecule has 0 aliphatic rings. The van der Waals surface area contributed by atoms with Gasteiger partial charge >= 0.3 is 6.03 Å². The van der Waals surface area contributed by atoms with E-state index in [0.717, 1.165) is 33.6 Å². The van der Waals surface area contributed by atoms with Crippen molar-refractivity contribution in [2.45, 2.75) is 27.7 Å². The molecule has 0 aliphatic carbocycles. The summed E-state index contributed by atoms with van der Waals surface area (Å²) in [4.78, 5) is 12.2. The quantitative estimate of drug-likeness (QED) is 0.823. The summed E-state index contributed by atoms with van der Waals surface area (Å²) in [6.07, 6.45) is 0. The van der Waals surface area contributed by atoms with E-state index < -0.39 is 0 Å². The SMILES string of the molecule is Cc1cccc(C)c1NC(=O)Nc1c(C)cccc1C. The Morgan fingerprint density at radius 1 is 0.700 bits per heavy atom. The fraction of sp³-hybridized carbons (Fsp3) is 0.235. The number of nitrogens with one attached hydrogen (secondary N) is 2. The minimum absolute atomic E-state index is 0.209. The third-order valence-corrected chi connectivity index (χ3v) is 3.44. The first-order valence-electron chi connectivity index (χ1n) is 6.69. The topological polar surface area (TPSA) is 41.1 Å². The lowest BCUT2D eigenvalue weighted by atomic mass is 10.1. The molecular formula is C17H20N2O. The minimum atomic E-state index is -0.209. The molecule has 0 spiro atoms. The zero-order chi connectivity index (χ0) is 14.7. The van der Waals surface area contributed by atoms with Crippen molar-refractivity contribution in [1.29, 1.82) is 0 Å². The first-order chi connectivity index (χ1) is 9.49. The van der Waals surface area contributed by atoms with Gasteiger partial charge in [0.1, 0.15) is 0 Å². The Morgan fingerprint density at radius 3 is 1.30 bits per heavy atom. The van der Waals surface area contributed by atoms with Crippen molar-refractivity contribution in [2.75, 3.05) is 10.6 Å². The highest BCUT2D eigenvalue weighted by Gasteiger charge is 2.09. The minimum Gasteiger partial charge on any atom is -0.307 e. The number of hydrogen-bond donors (Lipinski definition) is 2. The molecule has 2 amide bonds. The molecular weight excluding hydrogens is 248 g/mol. The lowest BCUT2D eigenvalue weighted by Gasteiger charge is -2.15. The molecule has 0 heterocycles. The number of carbonyl (C=O) groups excluding carboxylic acids is 1. The maximum atomic E-state index is 12.2. The second-order valence-electron chi connectivity index (χ2n) is 5.11. The van der Waals surface area contributed by atoms with Gasteiger partial charge in [-0.15, -0.1) is 0 Å². The molecule has 104 valence electrons. The normalized spacial score (nSPS) is 10.2. The highest BCUT2D eigenvalue weighted by Crippen LogP contribution is 2.22. The van der Waals surface area contributed by atoms with Crippen LogP contribution in [0.5, 0.6) is 0 Å². The van der Waals surface area contributed by atoms with Gasteiger partial charge in [0, 0.05) is 11.4 Å². The van der Waals surface area contributed by atoms with Crippen LogP contribution in [0.1, 0.15) is 22.3 Å². The van der Waals surface area contributed by atoms with Gasteiger partial charge in [0.25, 0.3) is 0 Å². The fourth-order valence-electron chi connectivity index (χ4n) is 2.28. The smallest absolute Gasteiger partial charge is 0.307 e. The molecule has 3 nitrogen and oxygen atoms in total. The Hall–Kier alpha value is -2.29. The average molecular weight is 268 g/mol. The number of benzene rings is 2. The van der Waals surface area contributed by atoms with Crippen LogP contribution in [0, 0.1) is 27.7 Å². The fourth-order valence-corrected chi connectivity index (χ4v) is 2.28. The van der Waals surface area contributed by atoms with Crippen LogP contribution in [0.25, 0.3) is 0 Å². The molecule has 2 aromatic carbocycles. The molecule has 2 aromatic rings. The number of rotatable bonds is 2. The molecule has 0 radical (unpaired) electrons. The van der Waals surface area contributed by atoms with Crippen LogP contribution in [-0.4, -0.2) is 6.03 Å². The van der Waals surface area contributed by atoms with Gasteiger partial charge in [-0.1, -0.05) is 36.4 Å². The van der Waals surface area contributed by atoms with Crippen LogP contribution in [0.2, 0.25) is 0 Å². The van der Waals surface area contributed by atoms with E-state index >= 15 is 0 Å². The summed E-state index contributed by atoms with van der Waals surface area (Å²) < 4.78 is 0. The maximum Gasteiger partial charge on any atom is 0.323 e. The molecule has 0 atom stereocenters. The maximum absolute atomic E-state index is 12.2. The van der Waals surface area contributed by atoms with Crippen LogP contribution in [0.15, 0.2) is 36.4 Å². The first-order valence-corrected chi connectivity index (χ1v) is 6.69. The van der Waals surface area contributed by atoms with E-state index in [1.165, 1.54) is 0 Å². The van der Waals surface area contributed by atoms with E-state index in [2.05, 4.69) is 10.6 Å². The predicted molar refractivity (Wildman–Crippen MR) is 84.5 cm³/mol. The van der Waals surface area contributed by atoms with Gasteiger partial charge in [0.2, 0.25) is 0 Å². The number of amides is 2. The molecule has 0 saturated heterocycles. The van der Waals surface area contributed by atoms with Crippen LogP contribution >= 0.6 is 0 Å². The van der Waals surface area contributed by atoms with Crippen molar-refractivity contribution in [3.63, 3.8) is 0 Å². The Kier molecular flexibility index (Phi) is 4.08. The van der Waals surface area contributed by atoms with Crippen LogP contribution in [-0.2, 0) is 0 Å². The van der Waals surface area contributed by atoms with Gasteiger partial charge in [0.05, 0.1) is 0 Å².